The van der Waals surface area contributed by atoms with Gasteiger partial charge in [-0.2, -0.15) is 0 Å². The number of carbonyl (C=O) groups is 9. The van der Waals surface area contributed by atoms with Gasteiger partial charge in [-0.3, -0.25) is 72.2 Å². The molecule has 10 aliphatic rings. The minimum atomic E-state index is -1.92. The second-order valence-electron chi connectivity index (χ2n) is 32.9. The van der Waals surface area contributed by atoms with Gasteiger partial charge in [0, 0.05) is 161 Å². The van der Waals surface area contributed by atoms with Crippen LogP contribution < -0.4 is 200 Å². The van der Waals surface area contributed by atoms with Crippen molar-refractivity contribution in [1.29, 1.82) is 0 Å². The zero-order chi connectivity index (χ0) is 96.5. The summed E-state index contributed by atoms with van der Waals surface area (Å²) in [7, 11) is 3.42. The number of ether oxygens (including phenoxy) is 3. The first-order chi connectivity index (χ1) is 64.1. The topological polar surface area (TPSA) is 476 Å². The van der Waals surface area contributed by atoms with Crippen LogP contribution in [0.4, 0.5) is 35.1 Å². The van der Waals surface area contributed by atoms with Gasteiger partial charge in [-0.25, -0.2) is 39.9 Å². The molecule has 9 aliphatic heterocycles. The number of halogens is 10. The van der Waals surface area contributed by atoms with Crippen LogP contribution in [-0.2, 0) is 66.8 Å². The van der Waals surface area contributed by atoms with Gasteiger partial charge < -0.3 is 140 Å². The number of methoxy groups -OCH3 is 3. The number of carbonyl (C=O) groups excluding carboxylic acids is 9. The van der Waals surface area contributed by atoms with E-state index in [2.05, 4.69) is 45.6 Å². The number of aliphatic hydroxyl groups excluding tert-OH is 1. The van der Waals surface area contributed by atoms with E-state index < -0.39 is 151 Å². The number of amides is 7. The Bertz CT molecular complexity index is 6020. The van der Waals surface area contributed by atoms with E-state index in [1.165, 1.54) is 85.1 Å². The summed E-state index contributed by atoms with van der Waals surface area (Å²) in [4.78, 5) is 176. The van der Waals surface area contributed by atoms with Crippen LogP contribution in [0.3, 0.4) is 0 Å². The molecule has 8 aromatic rings. The third-order valence-electron chi connectivity index (χ3n) is 24.7. The third kappa shape index (κ3) is 27.6. The molecule has 142 heavy (non-hydrogen) atoms. The second-order valence-corrected chi connectivity index (χ2v) is 32.9. The van der Waals surface area contributed by atoms with Gasteiger partial charge in [-0.15, -0.1) is 0 Å². The van der Waals surface area contributed by atoms with Crippen molar-refractivity contribution in [2.24, 2.45) is 5.73 Å². The molecule has 37 nitrogen and oxygen atoms in total. The zero-order valence-electron chi connectivity index (χ0n) is 76.8. The van der Waals surface area contributed by atoms with Crippen LogP contribution in [0.1, 0.15) is 200 Å². The molecule has 10 N–H and O–H groups in total. The Morgan fingerprint density at radius 2 is 0.754 bits per heavy atom. The Kier molecular flexibility index (Phi) is 48.1. The van der Waals surface area contributed by atoms with E-state index in [-0.39, 0.29) is 320 Å². The molecule has 0 spiro atoms. The van der Waals surface area contributed by atoms with Gasteiger partial charge in [0.05, 0.1) is 47.5 Å². The van der Waals surface area contributed by atoms with E-state index in [4.69, 9.17) is 25.3 Å². The molecule has 18 rings (SSSR count). The van der Waals surface area contributed by atoms with Crippen LogP contribution >= 0.6 is 0 Å². The van der Waals surface area contributed by atoms with Crippen LogP contribution in [-0.4, -0.2) is 254 Å². The summed E-state index contributed by atoms with van der Waals surface area (Å²) in [5.74, 6) is -14.0. The van der Waals surface area contributed by atoms with E-state index in [0.29, 0.717) is 43.9 Å². The van der Waals surface area contributed by atoms with Crippen LogP contribution in [0.25, 0.3) is 0 Å². The quantitative estimate of drug-likeness (QED) is 0.00733. The number of benzene rings is 4. The van der Waals surface area contributed by atoms with Gasteiger partial charge in [0.15, 0.2) is 52.1 Å². The first kappa shape index (κ1) is 124. The molecule has 7 amide bonds. The molecule has 6 unspecified atom stereocenters. The molecule has 13 heterocycles. The Morgan fingerprint density at radius 3 is 1.04 bits per heavy atom. The van der Waals surface area contributed by atoms with Gasteiger partial charge in [0.2, 0.25) is 21.7 Å². The van der Waals surface area contributed by atoms with Crippen molar-refractivity contribution in [2.75, 3.05) is 60.6 Å². The molecule has 1 saturated carbocycles. The van der Waals surface area contributed by atoms with Crippen LogP contribution in [0, 0.1) is 46.5 Å². The standard InChI is InChI=1S/C22H22F2N4O4.2C21H20F2N4O4.C18H18F2N2O7.C6H13N.CH2O3.3CH4.2BrH.2K.Mg.H/c1-32-20-18-22(31)28-14-3-2-6-26(9-14)17(28)11-27(18)10-15(19(20)29)21(30)25-8-12-4-5-13(23)7-16(12)24;2*22-12-4-3-11(15(23)6-12)7-24-20(30)14-9-26-10-16-25-5-1-2-13(8-25)27(16)21(31)17(26)19(29)18(14)28;1-28-16-14(18(27)29-2)22(8-13(23)24)7-11(15(16)25)17(26)21-6-9-3-4-10(19)5-12(9)20;7-6-4-2-1-3-5-6;2-1-4-3;;;;;;;;;/h4-5,7,10,14,17H,2-3,6,8-9,11H2,1H3,(H,25,30);2*3-4,6,9,13,16,29H,1-2,5,7-8,10H2,(H,24,30);3-5,7,13,23-24H,6,8H2,1-2H3,(H,21,26);6H,1-5,7H2;1,3H;3*1H4;2*1H;;;;/q;;;;;;;;;;;2*+1;+2;-1/p-3/t14-,17?;2*13-,16?;;;;;;;;;;;;/m000............/s1. The fraction of sp³-hybridized carbons (Fsp3) is 0.424. The Balaban J connectivity index is 0.000000375. The summed E-state index contributed by atoms with van der Waals surface area (Å²) in [5.41, 5.74) is 0.299. The largest absolute Gasteiger partial charge is 2.00 e. The minimum absolute atomic E-state index is 0. The summed E-state index contributed by atoms with van der Waals surface area (Å²) >= 11 is 0. The number of pyridine rings is 4. The number of piperidine rings is 3. The zero-order valence-corrected chi connectivity index (χ0v) is 86.6. The average molecular weight is 2190 g/mol. The molecule has 6 bridgehead atoms. The fourth-order valence-electron chi connectivity index (χ4n) is 18.3. The third-order valence-corrected chi connectivity index (χ3v) is 24.7. The number of rotatable bonds is 18. The number of aromatic nitrogens is 4. The summed E-state index contributed by atoms with van der Waals surface area (Å²) in [6, 6.07) is 12.5. The SMILES string of the molecule is C.C.C.COC(=O)c1c(OC)c(=O)c(C(=O)NCc2ccc(F)cc2F)cn1CC(O)O.COc1c2n(cc(C(=O)NCc3ccc(F)cc3F)c1=O)CC1N3CCC[C@@H](C3)N1C2=O.NC1CCCCC1.O=C(NCc1ccc(F)cc1F)c1cn2c(c(O)c1=O)C(=O)N1C(C2)N2CCC[C@H]1C2.O=C(NCc1ccc(F)cc1F)c1cn2c(c(O)c1=O)C(=O)N1C(C2)N2CCC[C@H]1C2.O=CO[O-].[Br-].[Br-].[H-].[K+].[K+].[Mg+2]. The summed E-state index contributed by atoms with van der Waals surface area (Å²) in [6.07, 6.45) is 14.7. The molecule has 1 aliphatic carbocycles. The number of hydrogen-bond acceptors (Lipinski definition) is 26. The number of hydrogen-bond donors (Lipinski definition) is 9. The average Bonchev–Trinajstić information content (AvgIpc) is 1.60. The van der Waals surface area contributed by atoms with Crippen molar-refractivity contribution >= 4 is 76.8 Å². The van der Waals surface area contributed by atoms with Crippen molar-refractivity contribution in [1.82, 2.24) is 68.9 Å². The maximum atomic E-state index is 13.9. The van der Waals surface area contributed by atoms with Gasteiger partial charge in [-0.1, -0.05) is 65.8 Å². The number of aromatic hydroxyl groups is 2. The van der Waals surface area contributed by atoms with Gasteiger partial charge in [0.25, 0.3) is 47.8 Å². The fourth-order valence-corrected chi connectivity index (χ4v) is 18.3. The number of fused-ring (bicyclic) bond motifs is 18. The van der Waals surface area contributed by atoms with E-state index in [9.17, 15) is 113 Å². The van der Waals surface area contributed by atoms with E-state index >= 15 is 0 Å². The van der Waals surface area contributed by atoms with Gasteiger partial charge >= 0.3 is 132 Å². The maximum absolute atomic E-state index is 13.9. The maximum Gasteiger partial charge on any atom is 2.00 e. The molecule has 0 radical (unpaired) electrons. The Hall–Kier alpha value is -8.73. The van der Waals surface area contributed by atoms with Crippen molar-refractivity contribution in [3.8, 4) is 23.0 Å². The smallest absolute Gasteiger partial charge is 1.00 e. The van der Waals surface area contributed by atoms with E-state index in [1.807, 2.05) is 4.90 Å². The monoisotopic (exact) mass is 2190 g/mol. The minimum Gasteiger partial charge on any atom is -1.00 e. The number of nitrogens with two attached hydrogens (primary N) is 1. The van der Waals surface area contributed by atoms with Crippen LogP contribution in [0.5, 0.6) is 23.0 Å². The van der Waals surface area contributed by atoms with Crippen molar-refractivity contribution in [3.63, 3.8) is 0 Å². The van der Waals surface area contributed by atoms with Gasteiger partial charge in [-0.05, 0) is 75.6 Å². The van der Waals surface area contributed by atoms with Gasteiger partial charge in [0.1, 0.15) is 87.3 Å². The molecule has 50 heteroatoms. The normalized spacial score (nSPS) is 19.4. The first-order valence-electron chi connectivity index (χ1n) is 42.7. The van der Waals surface area contributed by atoms with Crippen LogP contribution in [0.15, 0.2) is 117 Å². The summed E-state index contributed by atoms with van der Waals surface area (Å²) in [6.45, 7) is 4.15. The molecule has 7 fully saturated rings. The van der Waals surface area contributed by atoms with Crippen molar-refractivity contribution in [3.05, 3.63) is 252 Å². The molecule has 6 saturated heterocycles. The summed E-state index contributed by atoms with van der Waals surface area (Å²) in [5, 5.41) is 57.5. The van der Waals surface area contributed by atoms with Crippen molar-refractivity contribution in [2.45, 2.75) is 194 Å². The molecule has 4 aromatic heterocycles. The molecule has 9 atom stereocenters. The first-order valence-corrected chi connectivity index (χ1v) is 42.7. The Morgan fingerprint density at radius 1 is 0.458 bits per heavy atom. The number of aliphatic hydroxyl groups is 2. The van der Waals surface area contributed by atoms with E-state index in [0.717, 1.165) is 139 Å². The molecule has 4 aromatic carbocycles. The number of nitrogens with zero attached hydrogens (tertiary/aromatic N) is 10. The predicted molar refractivity (Wildman–Crippen MR) is 478 cm³/mol. The summed E-state index contributed by atoms with van der Waals surface area (Å²) < 4.78 is 128. The molecular weight excluding hydrogens is 2080 g/mol. The number of nitrogens with one attached hydrogen (secondary N) is 4. The molecular formula is C92H107Br2F8K2MgN15O22. The molecule has 756 valence electrons. The van der Waals surface area contributed by atoms with Crippen molar-refractivity contribution < 1.29 is 261 Å². The van der Waals surface area contributed by atoms with E-state index in [1.54, 1.807) is 14.4 Å². The number of esters is 1. The Labute approximate surface area is 933 Å². The second kappa shape index (κ2) is 55.2. The predicted octanol–water partition coefficient (Wildman–Crippen LogP) is -7.10. The van der Waals surface area contributed by atoms with Crippen LogP contribution in [0.2, 0.25) is 0 Å².